The minimum atomic E-state index is -0.377. The van der Waals surface area contributed by atoms with Crippen LogP contribution in [0.5, 0.6) is 5.75 Å². The van der Waals surface area contributed by atoms with Crippen LogP contribution in [-0.4, -0.2) is 17.6 Å². The van der Waals surface area contributed by atoms with Gasteiger partial charge in [-0.25, -0.2) is 0 Å². The molecule has 3 heteroatoms. The molecule has 0 bridgehead atoms. The van der Waals surface area contributed by atoms with Gasteiger partial charge in [-0.3, -0.25) is 4.79 Å². The van der Waals surface area contributed by atoms with Crippen molar-refractivity contribution in [3.8, 4) is 5.75 Å². The summed E-state index contributed by atoms with van der Waals surface area (Å²) < 4.78 is 5.65. The zero-order valence-corrected chi connectivity index (χ0v) is 10.6. The summed E-state index contributed by atoms with van der Waals surface area (Å²) in [4.78, 5) is 12.1. The molecule has 1 N–H and O–H groups in total. The summed E-state index contributed by atoms with van der Waals surface area (Å²) in [6.45, 7) is 6.10. The molecule has 1 aromatic carbocycles. The SMILES string of the molecule is CCC(C)(C)NC(=O)C1Cc2ccccc2O1. The Kier molecular flexibility index (Phi) is 3.09. The van der Waals surface area contributed by atoms with Gasteiger partial charge in [0.2, 0.25) is 0 Å². The van der Waals surface area contributed by atoms with E-state index in [4.69, 9.17) is 4.74 Å². The molecule has 0 radical (unpaired) electrons. The van der Waals surface area contributed by atoms with Gasteiger partial charge >= 0.3 is 0 Å². The summed E-state index contributed by atoms with van der Waals surface area (Å²) in [5.41, 5.74) is 0.942. The van der Waals surface area contributed by atoms with Crippen LogP contribution in [0.25, 0.3) is 0 Å². The molecule has 1 aliphatic heterocycles. The largest absolute Gasteiger partial charge is 0.480 e. The first-order chi connectivity index (χ1) is 8.02. The van der Waals surface area contributed by atoms with Gasteiger partial charge in [-0.1, -0.05) is 25.1 Å². The molecule has 1 aromatic rings. The lowest BCUT2D eigenvalue weighted by atomic mass is 10.0. The van der Waals surface area contributed by atoms with Crippen molar-refractivity contribution in [1.82, 2.24) is 5.32 Å². The topological polar surface area (TPSA) is 38.3 Å². The Hall–Kier alpha value is -1.51. The van der Waals surface area contributed by atoms with Crippen LogP contribution in [0.2, 0.25) is 0 Å². The molecule has 0 aliphatic carbocycles. The van der Waals surface area contributed by atoms with E-state index in [0.29, 0.717) is 6.42 Å². The van der Waals surface area contributed by atoms with Gasteiger partial charge in [0.1, 0.15) is 5.75 Å². The highest BCUT2D eigenvalue weighted by atomic mass is 16.5. The Morgan fingerprint density at radius 1 is 1.47 bits per heavy atom. The molecule has 1 heterocycles. The molecule has 92 valence electrons. The number of hydrogen-bond acceptors (Lipinski definition) is 2. The fourth-order valence-corrected chi connectivity index (χ4v) is 1.83. The molecular weight excluding hydrogens is 214 g/mol. The van der Waals surface area contributed by atoms with Gasteiger partial charge < -0.3 is 10.1 Å². The zero-order chi connectivity index (χ0) is 12.5. The van der Waals surface area contributed by atoms with Crippen LogP contribution >= 0.6 is 0 Å². The van der Waals surface area contributed by atoms with Gasteiger partial charge in [-0.2, -0.15) is 0 Å². The van der Waals surface area contributed by atoms with Gasteiger partial charge in [0, 0.05) is 12.0 Å². The normalized spacial score (nSPS) is 18.4. The lowest BCUT2D eigenvalue weighted by Gasteiger charge is -2.26. The van der Waals surface area contributed by atoms with E-state index in [1.54, 1.807) is 0 Å². The molecule has 1 atom stereocenters. The Balaban J connectivity index is 2.01. The number of amides is 1. The highest BCUT2D eigenvalue weighted by Gasteiger charge is 2.31. The van der Waals surface area contributed by atoms with Gasteiger partial charge in [0.15, 0.2) is 6.10 Å². The number of hydrogen-bond donors (Lipinski definition) is 1. The number of ether oxygens (including phenoxy) is 1. The van der Waals surface area contributed by atoms with Crippen LogP contribution in [0.3, 0.4) is 0 Å². The molecular formula is C14H19NO2. The second-order valence-electron chi connectivity index (χ2n) is 5.15. The van der Waals surface area contributed by atoms with Crippen molar-refractivity contribution in [1.29, 1.82) is 0 Å². The van der Waals surface area contributed by atoms with E-state index in [1.807, 2.05) is 38.1 Å². The van der Waals surface area contributed by atoms with E-state index in [1.165, 1.54) is 0 Å². The summed E-state index contributed by atoms with van der Waals surface area (Å²) in [7, 11) is 0. The van der Waals surface area contributed by atoms with Crippen molar-refractivity contribution >= 4 is 5.91 Å². The van der Waals surface area contributed by atoms with Crippen molar-refractivity contribution < 1.29 is 9.53 Å². The highest BCUT2D eigenvalue weighted by molar-refractivity contribution is 5.83. The highest BCUT2D eigenvalue weighted by Crippen LogP contribution is 2.28. The third kappa shape index (κ3) is 2.60. The van der Waals surface area contributed by atoms with Gasteiger partial charge in [-0.15, -0.1) is 0 Å². The maximum absolute atomic E-state index is 12.1. The molecule has 17 heavy (non-hydrogen) atoms. The quantitative estimate of drug-likeness (QED) is 0.870. The van der Waals surface area contributed by atoms with E-state index in [9.17, 15) is 4.79 Å². The second kappa shape index (κ2) is 4.40. The number of carbonyl (C=O) groups is 1. The number of rotatable bonds is 3. The lowest BCUT2D eigenvalue weighted by molar-refractivity contribution is -0.128. The van der Waals surface area contributed by atoms with E-state index >= 15 is 0 Å². The number of para-hydroxylation sites is 1. The van der Waals surface area contributed by atoms with Crippen LogP contribution in [0.1, 0.15) is 32.8 Å². The van der Waals surface area contributed by atoms with Gasteiger partial charge in [0.25, 0.3) is 5.91 Å². The smallest absolute Gasteiger partial charge is 0.261 e. The summed E-state index contributed by atoms with van der Waals surface area (Å²) in [6.07, 6.45) is 1.19. The monoisotopic (exact) mass is 233 g/mol. The van der Waals surface area contributed by atoms with Gasteiger partial charge in [0.05, 0.1) is 0 Å². The molecule has 0 spiro atoms. The maximum Gasteiger partial charge on any atom is 0.261 e. The Morgan fingerprint density at radius 2 is 2.18 bits per heavy atom. The summed E-state index contributed by atoms with van der Waals surface area (Å²) >= 11 is 0. The first kappa shape index (κ1) is 12.0. The minimum absolute atomic E-state index is 0.0203. The summed E-state index contributed by atoms with van der Waals surface area (Å²) in [6, 6.07) is 7.81. The van der Waals surface area contributed by atoms with Crippen molar-refractivity contribution in [2.45, 2.75) is 45.3 Å². The standard InChI is InChI=1S/C14H19NO2/c1-4-14(2,3)15-13(16)12-9-10-7-5-6-8-11(10)17-12/h5-8,12H,4,9H2,1-3H3,(H,15,16). The maximum atomic E-state index is 12.1. The van der Waals surface area contributed by atoms with Crippen LogP contribution < -0.4 is 10.1 Å². The second-order valence-corrected chi connectivity index (χ2v) is 5.15. The summed E-state index contributed by atoms with van der Waals surface area (Å²) in [5.74, 6) is 0.815. The van der Waals surface area contributed by atoms with Crippen molar-refractivity contribution in [3.05, 3.63) is 29.8 Å². The Labute approximate surface area is 102 Å². The predicted molar refractivity (Wildman–Crippen MR) is 67.1 cm³/mol. The van der Waals surface area contributed by atoms with Crippen molar-refractivity contribution in [2.24, 2.45) is 0 Å². The van der Waals surface area contributed by atoms with Crippen LogP contribution in [0.4, 0.5) is 0 Å². The third-order valence-electron chi connectivity index (χ3n) is 3.29. The zero-order valence-electron chi connectivity index (χ0n) is 10.6. The molecule has 3 nitrogen and oxygen atoms in total. The Bertz CT molecular complexity index is 401. The molecule has 1 amide bonds. The van der Waals surface area contributed by atoms with Gasteiger partial charge in [-0.05, 0) is 31.9 Å². The number of carbonyl (C=O) groups excluding carboxylic acids is 1. The molecule has 2 rings (SSSR count). The van der Waals surface area contributed by atoms with E-state index in [0.717, 1.165) is 17.7 Å². The van der Waals surface area contributed by atoms with E-state index < -0.39 is 0 Å². The van der Waals surface area contributed by atoms with Crippen molar-refractivity contribution in [3.63, 3.8) is 0 Å². The summed E-state index contributed by atoms with van der Waals surface area (Å²) in [5, 5.41) is 3.02. The molecule has 0 saturated heterocycles. The first-order valence-corrected chi connectivity index (χ1v) is 6.08. The molecule has 1 unspecified atom stereocenters. The number of benzene rings is 1. The number of fused-ring (bicyclic) bond motifs is 1. The average molecular weight is 233 g/mol. The van der Waals surface area contributed by atoms with E-state index in [-0.39, 0.29) is 17.6 Å². The minimum Gasteiger partial charge on any atom is -0.480 e. The first-order valence-electron chi connectivity index (χ1n) is 6.08. The average Bonchev–Trinajstić information content (AvgIpc) is 2.72. The fraction of sp³-hybridized carbons (Fsp3) is 0.500. The third-order valence-corrected chi connectivity index (χ3v) is 3.29. The fourth-order valence-electron chi connectivity index (χ4n) is 1.83. The van der Waals surface area contributed by atoms with Crippen molar-refractivity contribution in [2.75, 3.05) is 0 Å². The number of nitrogens with one attached hydrogen (secondary N) is 1. The lowest BCUT2D eigenvalue weighted by Crippen LogP contribution is -2.48. The molecule has 1 aliphatic rings. The van der Waals surface area contributed by atoms with E-state index in [2.05, 4.69) is 12.2 Å². The molecule has 0 saturated carbocycles. The van der Waals surface area contributed by atoms with Crippen LogP contribution in [0.15, 0.2) is 24.3 Å². The van der Waals surface area contributed by atoms with Crippen LogP contribution in [0, 0.1) is 0 Å². The molecule has 0 aromatic heterocycles. The Morgan fingerprint density at radius 3 is 2.82 bits per heavy atom. The predicted octanol–water partition coefficient (Wildman–Crippen LogP) is 2.29. The van der Waals surface area contributed by atoms with Crippen LogP contribution in [-0.2, 0) is 11.2 Å². The molecule has 0 fully saturated rings.